The molecular weight excluding hydrogens is 206 g/mol. The predicted molar refractivity (Wildman–Crippen MR) is 50.2 cm³/mol. The molecule has 1 atom stereocenters. The van der Waals surface area contributed by atoms with Crippen molar-refractivity contribution in [2.24, 2.45) is 0 Å². The van der Waals surface area contributed by atoms with Gasteiger partial charge in [-0.2, -0.15) is 0 Å². The maximum atomic E-state index is 11.1. The minimum Gasteiger partial charge on any atom is -0.272 e. The van der Waals surface area contributed by atoms with Gasteiger partial charge in [0.05, 0.1) is 11.8 Å². The molecule has 5 nitrogen and oxygen atoms in total. The van der Waals surface area contributed by atoms with Crippen molar-refractivity contribution < 1.29 is 18.0 Å². The van der Waals surface area contributed by atoms with Crippen molar-refractivity contribution in [2.45, 2.75) is 13.0 Å². The van der Waals surface area contributed by atoms with Gasteiger partial charge >= 0.3 is 0 Å². The van der Waals surface area contributed by atoms with E-state index in [1.54, 1.807) is 0 Å². The van der Waals surface area contributed by atoms with Crippen LogP contribution in [0.4, 0.5) is 0 Å². The first kappa shape index (κ1) is 10.9. The highest BCUT2D eigenvalue weighted by molar-refractivity contribution is 7.90. The Morgan fingerprint density at radius 2 is 1.71 bits per heavy atom. The van der Waals surface area contributed by atoms with E-state index in [0.717, 1.165) is 23.3 Å². The molecule has 1 rings (SSSR count). The molecule has 14 heavy (non-hydrogen) atoms. The normalized spacial score (nSPS) is 19.1. The molecule has 0 N–H and O–H groups in total. The number of carbonyl (C=O) groups is 2. The summed E-state index contributed by atoms with van der Waals surface area (Å²) < 4.78 is 21.9. The van der Waals surface area contributed by atoms with Gasteiger partial charge in [-0.3, -0.25) is 14.5 Å². The van der Waals surface area contributed by atoms with Crippen LogP contribution in [0.3, 0.4) is 0 Å². The number of hydrogen-bond acceptors (Lipinski definition) is 4. The molecule has 0 aromatic rings. The van der Waals surface area contributed by atoms with Gasteiger partial charge in [0.25, 0.3) is 11.8 Å². The lowest BCUT2D eigenvalue weighted by Gasteiger charge is -2.21. The van der Waals surface area contributed by atoms with Gasteiger partial charge in [-0.05, 0) is 6.92 Å². The Morgan fingerprint density at radius 3 is 2.07 bits per heavy atom. The Hall–Kier alpha value is -1.17. The first-order valence-electron chi connectivity index (χ1n) is 4.04. The lowest BCUT2D eigenvalue weighted by molar-refractivity contribution is -0.138. The minimum atomic E-state index is -3.18. The highest BCUT2D eigenvalue weighted by Gasteiger charge is 2.30. The zero-order valence-corrected chi connectivity index (χ0v) is 8.74. The van der Waals surface area contributed by atoms with Crippen LogP contribution in [0.25, 0.3) is 0 Å². The van der Waals surface area contributed by atoms with E-state index in [-0.39, 0.29) is 5.75 Å². The second kappa shape index (κ2) is 3.53. The third-order valence-electron chi connectivity index (χ3n) is 1.83. The molecule has 0 aliphatic carbocycles. The number of amides is 2. The SMILES string of the molecule is CC(CS(C)(=O)=O)N1C(=O)C=CC1=O. The van der Waals surface area contributed by atoms with Crippen molar-refractivity contribution in [3.63, 3.8) is 0 Å². The lowest BCUT2D eigenvalue weighted by Crippen LogP contribution is -2.41. The molecule has 0 aromatic carbocycles. The Morgan fingerprint density at radius 1 is 1.29 bits per heavy atom. The zero-order chi connectivity index (χ0) is 10.9. The van der Waals surface area contributed by atoms with Crippen molar-refractivity contribution >= 4 is 21.7 Å². The Kier molecular flexibility index (Phi) is 2.75. The van der Waals surface area contributed by atoms with Gasteiger partial charge in [0.2, 0.25) is 0 Å². The van der Waals surface area contributed by atoms with E-state index >= 15 is 0 Å². The minimum absolute atomic E-state index is 0.202. The van der Waals surface area contributed by atoms with E-state index in [0.29, 0.717) is 0 Å². The molecule has 78 valence electrons. The monoisotopic (exact) mass is 217 g/mol. The van der Waals surface area contributed by atoms with Crippen molar-refractivity contribution in [3.8, 4) is 0 Å². The summed E-state index contributed by atoms with van der Waals surface area (Å²) in [6.07, 6.45) is 3.35. The van der Waals surface area contributed by atoms with Crippen LogP contribution in [0.2, 0.25) is 0 Å². The van der Waals surface area contributed by atoms with Crippen LogP contribution in [0.15, 0.2) is 12.2 Å². The molecule has 0 fully saturated rings. The van der Waals surface area contributed by atoms with Crippen LogP contribution in [0, 0.1) is 0 Å². The van der Waals surface area contributed by atoms with Gasteiger partial charge in [0.15, 0.2) is 0 Å². The van der Waals surface area contributed by atoms with E-state index < -0.39 is 27.7 Å². The van der Waals surface area contributed by atoms with Crippen molar-refractivity contribution in [1.29, 1.82) is 0 Å². The summed E-state index contributed by atoms with van der Waals surface area (Å²) in [7, 11) is -3.18. The predicted octanol–water partition coefficient (Wildman–Crippen LogP) is -0.655. The average molecular weight is 217 g/mol. The van der Waals surface area contributed by atoms with Crippen LogP contribution in [0.1, 0.15) is 6.92 Å². The third-order valence-corrected chi connectivity index (χ3v) is 2.92. The molecule has 1 aliphatic rings. The fourth-order valence-corrected chi connectivity index (χ4v) is 2.38. The standard InChI is InChI=1S/C8H11NO4S/c1-6(5-14(2,12)13)9-7(10)3-4-8(9)11/h3-4,6H,5H2,1-2H3. The van der Waals surface area contributed by atoms with Crippen molar-refractivity contribution in [1.82, 2.24) is 4.90 Å². The summed E-state index contributed by atoms with van der Waals surface area (Å²) in [6.45, 7) is 1.53. The lowest BCUT2D eigenvalue weighted by atomic mass is 10.3. The van der Waals surface area contributed by atoms with Gasteiger partial charge < -0.3 is 0 Å². The Labute approximate surface area is 82.3 Å². The van der Waals surface area contributed by atoms with Gasteiger partial charge in [-0.1, -0.05) is 0 Å². The summed E-state index contributed by atoms with van der Waals surface area (Å²) in [6, 6.07) is -0.611. The molecule has 0 spiro atoms. The molecule has 0 saturated carbocycles. The molecule has 1 unspecified atom stereocenters. The fourth-order valence-electron chi connectivity index (χ4n) is 1.36. The number of nitrogens with zero attached hydrogens (tertiary/aromatic N) is 1. The highest BCUT2D eigenvalue weighted by atomic mass is 32.2. The smallest absolute Gasteiger partial charge is 0.253 e. The van der Waals surface area contributed by atoms with Gasteiger partial charge in [-0.15, -0.1) is 0 Å². The van der Waals surface area contributed by atoms with Crippen molar-refractivity contribution in [3.05, 3.63) is 12.2 Å². The molecule has 6 heteroatoms. The van der Waals surface area contributed by atoms with Gasteiger partial charge in [0, 0.05) is 18.4 Å². The number of carbonyl (C=O) groups excluding carboxylic acids is 2. The van der Waals surface area contributed by atoms with Crippen LogP contribution < -0.4 is 0 Å². The number of imide groups is 1. The van der Waals surface area contributed by atoms with Crippen LogP contribution in [-0.4, -0.2) is 43.2 Å². The molecule has 1 heterocycles. The Bertz CT molecular complexity index is 378. The van der Waals surface area contributed by atoms with E-state index in [4.69, 9.17) is 0 Å². The maximum absolute atomic E-state index is 11.1. The largest absolute Gasteiger partial charge is 0.272 e. The second-order valence-electron chi connectivity index (χ2n) is 3.32. The fraction of sp³-hybridized carbons (Fsp3) is 0.500. The molecule has 1 aliphatic heterocycles. The first-order valence-corrected chi connectivity index (χ1v) is 6.10. The zero-order valence-electron chi connectivity index (χ0n) is 7.93. The first-order chi connectivity index (χ1) is 6.31. The second-order valence-corrected chi connectivity index (χ2v) is 5.51. The molecule has 0 aromatic heterocycles. The topological polar surface area (TPSA) is 71.5 Å². The highest BCUT2D eigenvalue weighted by Crippen LogP contribution is 2.10. The molecule has 0 saturated heterocycles. The van der Waals surface area contributed by atoms with Gasteiger partial charge in [-0.25, -0.2) is 8.42 Å². The van der Waals surface area contributed by atoms with E-state index in [1.165, 1.54) is 6.92 Å². The summed E-state index contributed by atoms with van der Waals surface area (Å²) in [5, 5.41) is 0. The van der Waals surface area contributed by atoms with Crippen LogP contribution >= 0.6 is 0 Å². The molecular formula is C8H11NO4S. The van der Waals surface area contributed by atoms with Crippen LogP contribution in [-0.2, 0) is 19.4 Å². The molecule has 2 amide bonds. The summed E-state index contributed by atoms with van der Waals surface area (Å²) in [4.78, 5) is 23.2. The van der Waals surface area contributed by atoms with E-state index in [9.17, 15) is 18.0 Å². The summed E-state index contributed by atoms with van der Waals surface area (Å²) in [5.74, 6) is -1.11. The molecule has 0 bridgehead atoms. The summed E-state index contributed by atoms with van der Waals surface area (Å²) in [5.41, 5.74) is 0. The quantitative estimate of drug-likeness (QED) is 0.589. The maximum Gasteiger partial charge on any atom is 0.253 e. The average Bonchev–Trinajstić information content (AvgIpc) is 2.27. The number of rotatable bonds is 3. The van der Waals surface area contributed by atoms with E-state index in [1.807, 2.05) is 0 Å². The van der Waals surface area contributed by atoms with Crippen LogP contribution in [0.5, 0.6) is 0 Å². The van der Waals surface area contributed by atoms with Crippen molar-refractivity contribution in [2.75, 3.05) is 12.0 Å². The number of hydrogen-bond donors (Lipinski definition) is 0. The molecule has 0 radical (unpaired) electrons. The Balaban J connectivity index is 2.76. The summed E-state index contributed by atoms with van der Waals surface area (Å²) >= 11 is 0. The number of sulfone groups is 1. The van der Waals surface area contributed by atoms with Gasteiger partial charge in [0.1, 0.15) is 9.84 Å². The van der Waals surface area contributed by atoms with E-state index in [2.05, 4.69) is 0 Å². The third kappa shape index (κ3) is 2.41.